The van der Waals surface area contributed by atoms with E-state index in [1.807, 2.05) is 48.5 Å². The molecule has 130 valence electrons. The van der Waals surface area contributed by atoms with Gasteiger partial charge in [-0.1, -0.05) is 69.4 Å². The average molecular weight is 445 g/mol. The second kappa shape index (κ2) is 7.61. The molecule has 0 aliphatic carbocycles. The van der Waals surface area contributed by atoms with Crippen LogP contribution in [0.25, 0.3) is 21.5 Å². The van der Waals surface area contributed by atoms with Crippen molar-refractivity contribution in [2.75, 3.05) is 11.1 Å². The smallest absolute Gasteiger partial charge is 0.236 e. The Bertz CT molecular complexity index is 1060. The third-order valence-corrected chi connectivity index (χ3v) is 5.89. The summed E-state index contributed by atoms with van der Waals surface area (Å²) in [5.41, 5.74) is 2.88. The van der Waals surface area contributed by atoms with E-state index < -0.39 is 0 Å². The summed E-state index contributed by atoms with van der Waals surface area (Å²) in [7, 11) is 0. The lowest BCUT2D eigenvalue weighted by Crippen LogP contribution is -2.13. The number of imidazole rings is 1. The lowest BCUT2D eigenvalue weighted by Gasteiger charge is -2.00. The summed E-state index contributed by atoms with van der Waals surface area (Å²) >= 11 is 6.26. The van der Waals surface area contributed by atoms with Gasteiger partial charge in [0.2, 0.25) is 5.91 Å². The minimum absolute atomic E-state index is 0.106. The van der Waals surface area contributed by atoms with Crippen molar-refractivity contribution in [2.45, 2.75) is 5.16 Å². The fourth-order valence-electron chi connectivity index (χ4n) is 2.38. The molecule has 2 heterocycles. The van der Waals surface area contributed by atoms with Gasteiger partial charge in [-0.15, -0.1) is 0 Å². The first-order valence-electron chi connectivity index (χ1n) is 7.76. The van der Waals surface area contributed by atoms with E-state index in [1.54, 1.807) is 6.20 Å². The van der Waals surface area contributed by atoms with Crippen LogP contribution < -0.4 is 5.32 Å². The molecule has 0 aliphatic rings. The molecule has 2 aromatic carbocycles. The summed E-state index contributed by atoms with van der Waals surface area (Å²) in [6.45, 7) is 0. The quantitative estimate of drug-likeness (QED) is 0.416. The number of thiazole rings is 1. The Morgan fingerprint density at radius 2 is 2.08 bits per heavy atom. The molecule has 0 radical (unpaired) electrons. The molecule has 8 heteroatoms. The SMILES string of the molecule is O=C(CSc1ncc(-c2ccccc2)[nH]1)Nc1nc2ccc(Br)cc2s1. The minimum Gasteiger partial charge on any atom is -0.333 e. The third kappa shape index (κ3) is 3.98. The molecule has 4 rings (SSSR count). The van der Waals surface area contributed by atoms with Gasteiger partial charge in [-0.05, 0) is 23.8 Å². The number of H-pyrrole nitrogens is 1. The molecular weight excluding hydrogens is 432 g/mol. The first kappa shape index (κ1) is 17.3. The molecule has 0 bridgehead atoms. The van der Waals surface area contributed by atoms with Crippen molar-refractivity contribution in [1.29, 1.82) is 0 Å². The summed E-state index contributed by atoms with van der Waals surface area (Å²) in [6, 6.07) is 15.8. The van der Waals surface area contributed by atoms with Crippen LogP contribution in [0, 0.1) is 0 Å². The summed E-state index contributed by atoms with van der Waals surface area (Å²) in [5.74, 6) is 0.159. The largest absolute Gasteiger partial charge is 0.333 e. The van der Waals surface area contributed by atoms with Crippen molar-refractivity contribution in [1.82, 2.24) is 15.0 Å². The fourth-order valence-corrected chi connectivity index (χ4v) is 4.47. The number of aromatic amines is 1. The van der Waals surface area contributed by atoms with Crippen molar-refractivity contribution in [3.05, 3.63) is 59.2 Å². The molecule has 0 aliphatic heterocycles. The van der Waals surface area contributed by atoms with Crippen LogP contribution in [0.15, 0.2) is 64.4 Å². The average Bonchev–Trinajstić information content (AvgIpc) is 3.27. The molecule has 5 nitrogen and oxygen atoms in total. The number of fused-ring (bicyclic) bond motifs is 1. The van der Waals surface area contributed by atoms with Crippen LogP contribution in [-0.4, -0.2) is 26.6 Å². The molecule has 1 amide bonds. The van der Waals surface area contributed by atoms with Gasteiger partial charge >= 0.3 is 0 Å². The Hall–Kier alpha value is -2.16. The predicted molar refractivity (Wildman–Crippen MR) is 111 cm³/mol. The van der Waals surface area contributed by atoms with Crippen molar-refractivity contribution in [3.63, 3.8) is 0 Å². The van der Waals surface area contributed by atoms with Crippen LogP contribution in [0.2, 0.25) is 0 Å². The number of carbonyl (C=O) groups is 1. The van der Waals surface area contributed by atoms with Crippen molar-refractivity contribution in [2.24, 2.45) is 0 Å². The van der Waals surface area contributed by atoms with Gasteiger partial charge in [0.15, 0.2) is 10.3 Å². The van der Waals surface area contributed by atoms with E-state index in [0.717, 1.165) is 25.9 Å². The van der Waals surface area contributed by atoms with Gasteiger partial charge < -0.3 is 10.3 Å². The summed E-state index contributed by atoms with van der Waals surface area (Å²) in [4.78, 5) is 24.2. The molecule has 0 saturated carbocycles. The zero-order valence-electron chi connectivity index (χ0n) is 13.4. The van der Waals surface area contributed by atoms with Gasteiger partial charge in [-0.25, -0.2) is 9.97 Å². The fraction of sp³-hybridized carbons (Fsp3) is 0.0556. The highest BCUT2D eigenvalue weighted by Crippen LogP contribution is 2.28. The molecule has 2 aromatic heterocycles. The maximum atomic E-state index is 12.2. The molecule has 0 spiro atoms. The van der Waals surface area contributed by atoms with E-state index in [0.29, 0.717) is 10.3 Å². The number of hydrogen-bond donors (Lipinski definition) is 2. The number of amides is 1. The van der Waals surface area contributed by atoms with Crippen LogP contribution in [-0.2, 0) is 4.79 Å². The number of hydrogen-bond acceptors (Lipinski definition) is 5. The Morgan fingerprint density at radius 3 is 2.92 bits per heavy atom. The van der Waals surface area contributed by atoms with Gasteiger partial charge in [0.05, 0.1) is 27.9 Å². The van der Waals surface area contributed by atoms with Gasteiger partial charge in [0, 0.05) is 4.47 Å². The van der Waals surface area contributed by atoms with Crippen LogP contribution in [0.5, 0.6) is 0 Å². The van der Waals surface area contributed by atoms with Crippen molar-refractivity contribution >= 4 is 60.3 Å². The summed E-state index contributed by atoms with van der Waals surface area (Å²) < 4.78 is 2.02. The lowest BCUT2D eigenvalue weighted by molar-refractivity contribution is -0.113. The zero-order valence-corrected chi connectivity index (χ0v) is 16.6. The van der Waals surface area contributed by atoms with E-state index in [2.05, 4.69) is 36.2 Å². The monoisotopic (exact) mass is 444 g/mol. The molecule has 2 N–H and O–H groups in total. The summed E-state index contributed by atoms with van der Waals surface area (Å²) in [5, 5.41) is 4.17. The highest BCUT2D eigenvalue weighted by molar-refractivity contribution is 9.10. The summed E-state index contributed by atoms with van der Waals surface area (Å²) in [6.07, 6.45) is 1.78. The molecule has 0 fully saturated rings. The highest BCUT2D eigenvalue weighted by Gasteiger charge is 2.10. The van der Waals surface area contributed by atoms with Crippen LogP contribution in [0.1, 0.15) is 0 Å². The second-order valence-corrected chi connectivity index (χ2v) is 8.35. The second-order valence-electron chi connectivity index (χ2n) is 5.44. The van der Waals surface area contributed by atoms with E-state index in [-0.39, 0.29) is 11.7 Å². The normalized spacial score (nSPS) is 11.0. The Kier molecular flexibility index (Phi) is 5.05. The van der Waals surface area contributed by atoms with Crippen molar-refractivity contribution in [3.8, 4) is 11.3 Å². The van der Waals surface area contributed by atoms with Gasteiger partial charge in [-0.2, -0.15) is 0 Å². The number of rotatable bonds is 5. The first-order valence-corrected chi connectivity index (χ1v) is 10.4. The number of carbonyl (C=O) groups excluding carboxylic acids is 1. The Balaban J connectivity index is 1.37. The molecule has 4 aromatic rings. The molecule has 0 atom stereocenters. The maximum Gasteiger partial charge on any atom is 0.236 e. The molecule has 26 heavy (non-hydrogen) atoms. The van der Waals surface area contributed by atoms with Gasteiger partial charge in [-0.3, -0.25) is 4.79 Å². The van der Waals surface area contributed by atoms with Gasteiger partial charge in [0.1, 0.15) is 0 Å². The third-order valence-electron chi connectivity index (χ3n) is 3.57. The molecular formula is C18H13BrN4OS2. The topological polar surface area (TPSA) is 70.7 Å². The number of benzene rings is 2. The van der Waals surface area contributed by atoms with Crippen molar-refractivity contribution < 1.29 is 4.79 Å². The van der Waals surface area contributed by atoms with E-state index >= 15 is 0 Å². The molecule has 0 unspecified atom stereocenters. The molecule has 0 saturated heterocycles. The van der Waals surface area contributed by atoms with Crippen LogP contribution in [0.4, 0.5) is 5.13 Å². The predicted octanol–water partition coefficient (Wildman–Crippen LogP) is 5.18. The van der Waals surface area contributed by atoms with E-state index in [4.69, 9.17) is 0 Å². The number of aromatic nitrogens is 3. The van der Waals surface area contributed by atoms with E-state index in [1.165, 1.54) is 23.1 Å². The Labute approximate surface area is 166 Å². The van der Waals surface area contributed by atoms with Crippen LogP contribution in [0.3, 0.4) is 0 Å². The number of halogens is 1. The standard InChI is InChI=1S/C18H13BrN4OS2/c19-12-6-7-13-15(8-12)26-18(21-13)23-16(24)10-25-17-20-9-14(22-17)11-4-2-1-3-5-11/h1-9H,10H2,(H,20,22)(H,21,23,24). The lowest BCUT2D eigenvalue weighted by atomic mass is 10.2. The van der Waals surface area contributed by atoms with E-state index in [9.17, 15) is 4.79 Å². The van der Waals surface area contributed by atoms with Gasteiger partial charge in [0.25, 0.3) is 0 Å². The number of nitrogens with zero attached hydrogens (tertiary/aromatic N) is 2. The number of nitrogens with one attached hydrogen (secondary N) is 2. The highest BCUT2D eigenvalue weighted by atomic mass is 79.9. The minimum atomic E-state index is -0.106. The Morgan fingerprint density at radius 1 is 1.23 bits per heavy atom. The zero-order chi connectivity index (χ0) is 17.9. The number of anilines is 1. The first-order chi connectivity index (χ1) is 12.7. The number of thioether (sulfide) groups is 1. The maximum absolute atomic E-state index is 12.2. The van der Waals surface area contributed by atoms with Crippen LogP contribution >= 0.6 is 39.0 Å².